The average molecular weight is 343 g/mol. The minimum Gasteiger partial charge on any atom is -0.368 e. The molecule has 5 nitrogen and oxygen atoms in total. The molecular weight excluding hydrogens is 320 g/mol. The third-order valence-corrected chi connectivity index (χ3v) is 4.63. The first-order chi connectivity index (χ1) is 9.65. The van der Waals surface area contributed by atoms with E-state index in [2.05, 4.69) is 38.2 Å². The summed E-state index contributed by atoms with van der Waals surface area (Å²) in [5, 5.41) is 7.70. The summed E-state index contributed by atoms with van der Waals surface area (Å²) in [6.07, 6.45) is 6.15. The molecule has 1 saturated heterocycles. The van der Waals surface area contributed by atoms with Gasteiger partial charge in [0.1, 0.15) is 4.47 Å². The van der Waals surface area contributed by atoms with Crippen molar-refractivity contribution in [3.05, 3.63) is 21.0 Å². The highest BCUT2D eigenvalue weighted by atomic mass is 79.9. The summed E-state index contributed by atoms with van der Waals surface area (Å²) in [5.74, 6) is 0. The van der Waals surface area contributed by atoms with Crippen LogP contribution in [-0.4, -0.2) is 36.0 Å². The second kappa shape index (κ2) is 7.22. The number of unbranched alkanes of at least 4 members (excludes halogenated alkanes) is 1. The van der Waals surface area contributed by atoms with Gasteiger partial charge in [0.15, 0.2) is 0 Å². The van der Waals surface area contributed by atoms with Gasteiger partial charge in [-0.15, -0.1) is 0 Å². The van der Waals surface area contributed by atoms with Crippen molar-refractivity contribution >= 4 is 21.6 Å². The molecule has 0 amide bonds. The van der Waals surface area contributed by atoms with E-state index in [1.54, 1.807) is 10.9 Å². The van der Waals surface area contributed by atoms with E-state index in [1.165, 1.54) is 6.42 Å². The Balaban J connectivity index is 2.19. The highest BCUT2D eigenvalue weighted by Gasteiger charge is 2.21. The normalized spacial score (nSPS) is 19.1. The number of anilines is 1. The Hall–Kier alpha value is -0.880. The molecule has 2 heterocycles. The first-order valence-electron chi connectivity index (χ1n) is 7.34. The van der Waals surface area contributed by atoms with Crippen molar-refractivity contribution in [2.75, 3.05) is 25.0 Å². The summed E-state index contributed by atoms with van der Waals surface area (Å²) < 4.78 is 2.17. The van der Waals surface area contributed by atoms with Gasteiger partial charge in [0.25, 0.3) is 5.56 Å². The molecule has 1 aromatic rings. The summed E-state index contributed by atoms with van der Waals surface area (Å²) in [6.45, 7) is 4.84. The summed E-state index contributed by atoms with van der Waals surface area (Å²) in [4.78, 5) is 14.5. The van der Waals surface area contributed by atoms with Gasteiger partial charge in [0.05, 0.1) is 11.9 Å². The van der Waals surface area contributed by atoms with E-state index in [4.69, 9.17) is 0 Å². The molecular formula is C14H23BrN4O. The van der Waals surface area contributed by atoms with Crippen LogP contribution in [0, 0.1) is 0 Å². The monoisotopic (exact) mass is 342 g/mol. The van der Waals surface area contributed by atoms with Crippen LogP contribution in [0.25, 0.3) is 0 Å². The standard InChI is InChI=1S/C14H23BrN4O/c1-3-4-8-19-14(20)13(15)12(10-17-19)18(2)11-6-5-7-16-9-11/h10-11,16H,3-9H2,1-2H3. The quantitative estimate of drug-likeness (QED) is 0.888. The molecule has 20 heavy (non-hydrogen) atoms. The van der Waals surface area contributed by atoms with E-state index in [-0.39, 0.29) is 5.56 Å². The SMILES string of the molecule is CCCCn1ncc(N(C)C2CCCNC2)c(Br)c1=O. The van der Waals surface area contributed by atoms with Crippen LogP contribution in [-0.2, 0) is 6.54 Å². The second-order valence-electron chi connectivity index (χ2n) is 5.34. The van der Waals surface area contributed by atoms with Crippen LogP contribution in [0.5, 0.6) is 0 Å². The van der Waals surface area contributed by atoms with Crippen LogP contribution in [0.1, 0.15) is 32.6 Å². The summed E-state index contributed by atoms with van der Waals surface area (Å²) in [6, 6.07) is 0.424. The minimum atomic E-state index is -0.0356. The molecule has 0 spiro atoms. The molecule has 0 radical (unpaired) electrons. The molecule has 0 aliphatic carbocycles. The lowest BCUT2D eigenvalue weighted by Gasteiger charge is -2.33. The number of piperidine rings is 1. The van der Waals surface area contributed by atoms with E-state index in [0.29, 0.717) is 17.1 Å². The molecule has 1 aromatic heterocycles. The van der Waals surface area contributed by atoms with Gasteiger partial charge >= 0.3 is 0 Å². The van der Waals surface area contributed by atoms with Crippen molar-refractivity contribution < 1.29 is 0 Å². The highest BCUT2D eigenvalue weighted by molar-refractivity contribution is 9.10. The Labute approximate surface area is 128 Å². The topological polar surface area (TPSA) is 50.2 Å². The highest BCUT2D eigenvalue weighted by Crippen LogP contribution is 2.24. The number of likely N-dealkylation sites (N-methyl/N-ethyl adjacent to an activating group) is 1. The van der Waals surface area contributed by atoms with Crippen molar-refractivity contribution in [1.82, 2.24) is 15.1 Å². The van der Waals surface area contributed by atoms with Crippen molar-refractivity contribution in [1.29, 1.82) is 0 Å². The summed E-state index contributed by atoms with van der Waals surface area (Å²) >= 11 is 3.45. The van der Waals surface area contributed by atoms with Crippen molar-refractivity contribution in [3.8, 4) is 0 Å². The maximum absolute atomic E-state index is 12.3. The maximum Gasteiger partial charge on any atom is 0.283 e. The molecule has 1 N–H and O–H groups in total. The number of nitrogens with zero attached hydrogens (tertiary/aromatic N) is 3. The molecule has 112 valence electrons. The predicted octanol–water partition coefficient (Wildman–Crippen LogP) is 1.99. The van der Waals surface area contributed by atoms with Gasteiger partial charge in [-0.2, -0.15) is 5.10 Å². The molecule has 2 rings (SSSR count). The average Bonchev–Trinajstić information content (AvgIpc) is 2.49. The van der Waals surface area contributed by atoms with Gasteiger partial charge in [-0.25, -0.2) is 4.68 Å². The lowest BCUT2D eigenvalue weighted by Crippen LogP contribution is -2.45. The molecule has 1 unspecified atom stereocenters. The Morgan fingerprint density at radius 2 is 2.40 bits per heavy atom. The van der Waals surface area contributed by atoms with E-state index < -0.39 is 0 Å². The third kappa shape index (κ3) is 3.41. The zero-order valence-electron chi connectivity index (χ0n) is 12.2. The third-order valence-electron chi connectivity index (χ3n) is 3.89. The Bertz CT molecular complexity index is 496. The summed E-state index contributed by atoms with van der Waals surface area (Å²) in [5.41, 5.74) is 0.850. The number of nitrogens with one attached hydrogen (secondary N) is 1. The molecule has 1 atom stereocenters. The second-order valence-corrected chi connectivity index (χ2v) is 6.13. The van der Waals surface area contributed by atoms with E-state index in [0.717, 1.165) is 38.0 Å². The fourth-order valence-corrected chi connectivity index (χ4v) is 3.12. The van der Waals surface area contributed by atoms with Crippen LogP contribution in [0.15, 0.2) is 15.5 Å². The fraction of sp³-hybridized carbons (Fsp3) is 0.714. The number of aryl methyl sites for hydroxylation is 1. The van der Waals surface area contributed by atoms with Crippen LogP contribution in [0.2, 0.25) is 0 Å². The van der Waals surface area contributed by atoms with Crippen LogP contribution >= 0.6 is 15.9 Å². The molecule has 0 aromatic carbocycles. The molecule has 1 aliphatic heterocycles. The Kier molecular flexibility index (Phi) is 5.60. The van der Waals surface area contributed by atoms with Crippen LogP contribution < -0.4 is 15.8 Å². The number of rotatable bonds is 5. The first-order valence-corrected chi connectivity index (χ1v) is 8.13. The zero-order chi connectivity index (χ0) is 14.5. The number of hydrogen-bond acceptors (Lipinski definition) is 4. The van der Waals surface area contributed by atoms with Gasteiger partial charge in [-0.05, 0) is 41.7 Å². The minimum absolute atomic E-state index is 0.0356. The van der Waals surface area contributed by atoms with Crippen LogP contribution in [0.3, 0.4) is 0 Å². The van der Waals surface area contributed by atoms with Gasteiger partial charge < -0.3 is 10.2 Å². The number of aromatic nitrogens is 2. The first kappa shape index (κ1) is 15.5. The molecule has 0 bridgehead atoms. The van der Waals surface area contributed by atoms with E-state index in [9.17, 15) is 4.79 Å². The van der Waals surface area contributed by atoms with E-state index >= 15 is 0 Å². The Morgan fingerprint density at radius 1 is 1.60 bits per heavy atom. The smallest absolute Gasteiger partial charge is 0.283 e. The van der Waals surface area contributed by atoms with Crippen molar-refractivity contribution in [2.24, 2.45) is 0 Å². The summed E-state index contributed by atoms with van der Waals surface area (Å²) in [7, 11) is 2.04. The zero-order valence-corrected chi connectivity index (χ0v) is 13.8. The van der Waals surface area contributed by atoms with Crippen LogP contribution in [0.4, 0.5) is 5.69 Å². The Morgan fingerprint density at radius 3 is 3.05 bits per heavy atom. The maximum atomic E-state index is 12.3. The fourth-order valence-electron chi connectivity index (χ4n) is 2.53. The molecule has 1 aliphatic rings. The van der Waals surface area contributed by atoms with Gasteiger partial charge in [-0.3, -0.25) is 4.79 Å². The van der Waals surface area contributed by atoms with Gasteiger partial charge in [-0.1, -0.05) is 13.3 Å². The van der Waals surface area contributed by atoms with E-state index in [1.807, 2.05) is 7.05 Å². The number of halogens is 1. The lowest BCUT2D eigenvalue weighted by molar-refractivity contribution is 0.443. The number of hydrogen-bond donors (Lipinski definition) is 1. The molecule has 6 heteroatoms. The molecule has 1 fully saturated rings. The predicted molar refractivity (Wildman–Crippen MR) is 85.4 cm³/mol. The van der Waals surface area contributed by atoms with Gasteiger partial charge in [0.2, 0.25) is 0 Å². The van der Waals surface area contributed by atoms with Gasteiger partial charge in [0, 0.05) is 26.2 Å². The van der Waals surface area contributed by atoms with Crippen molar-refractivity contribution in [2.45, 2.75) is 45.2 Å². The van der Waals surface area contributed by atoms with Crippen molar-refractivity contribution in [3.63, 3.8) is 0 Å². The lowest BCUT2D eigenvalue weighted by atomic mass is 10.1. The largest absolute Gasteiger partial charge is 0.368 e. The molecule has 0 saturated carbocycles.